The topological polar surface area (TPSA) is 37.8 Å². The van der Waals surface area contributed by atoms with Crippen molar-refractivity contribution in [1.29, 1.82) is 0 Å². The summed E-state index contributed by atoms with van der Waals surface area (Å²) in [5.74, 6) is 3.75. The minimum absolute atomic E-state index is 0.379. The Morgan fingerprint density at radius 3 is 2.80 bits per heavy atom. The van der Waals surface area contributed by atoms with Crippen LogP contribution >= 0.6 is 23.5 Å². The van der Waals surface area contributed by atoms with E-state index < -0.39 is 0 Å². The van der Waals surface area contributed by atoms with Crippen LogP contribution in [-0.2, 0) is 0 Å². The molecule has 2 heterocycles. The summed E-state index contributed by atoms with van der Waals surface area (Å²) >= 11 is 4.09. The van der Waals surface area contributed by atoms with Gasteiger partial charge in [0.2, 0.25) is 0 Å². The molecule has 0 spiro atoms. The zero-order valence-electron chi connectivity index (χ0n) is 8.72. The molecule has 1 aliphatic rings. The van der Waals surface area contributed by atoms with E-state index >= 15 is 0 Å². The lowest BCUT2D eigenvalue weighted by Crippen LogP contribution is -2.31. The second-order valence-corrected chi connectivity index (χ2v) is 5.92. The summed E-state index contributed by atoms with van der Waals surface area (Å²) in [6, 6.07) is 0.379. The maximum atomic E-state index is 4.08. The summed E-state index contributed by atoms with van der Waals surface area (Å²) in [5.41, 5.74) is 1.19. The lowest BCUT2D eigenvalue weighted by atomic mass is 10.1. The quantitative estimate of drug-likeness (QED) is 0.870. The normalized spacial score (nSPS) is 23.7. The first-order valence-corrected chi connectivity index (χ1v) is 7.23. The van der Waals surface area contributed by atoms with Gasteiger partial charge in [-0.15, -0.1) is 0 Å². The predicted octanol–water partition coefficient (Wildman–Crippen LogP) is 1.59. The Labute approximate surface area is 98.9 Å². The summed E-state index contributed by atoms with van der Waals surface area (Å²) in [7, 11) is 2.01. The molecule has 0 saturated carbocycles. The molecule has 1 aliphatic heterocycles. The van der Waals surface area contributed by atoms with E-state index in [4.69, 9.17) is 0 Å². The van der Waals surface area contributed by atoms with Crippen LogP contribution < -0.4 is 5.32 Å². The molecule has 15 heavy (non-hydrogen) atoms. The smallest absolute Gasteiger partial charge is 0.115 e. The predicted molar refractivity (Wildman–Crippen MR) is 67.4 cm³/mol. The fourth-order valence-electron chi connectivity index (χ4n) is 1.74. The van der Waals surface area contributed by atoms with Gasteiger partial charge in [-0.3, -0.25) is 0 Å². The van der Waals surface area contributed by atoms with Gasteiger partial charge >= 0.3 is 0 Å². The zero-order valence-corrected chi connectivity index (χ0v) is 10.4. The largest absolute Gasteiger partial charge is 0.312 e. The minimum atomic E-state index is 0.379. The summed E-state index contributed by atoms with van der Waals surface area (Å²) in [5, 5.41) is 4.01. The monoisotopic (exact) mass is 241 g/mol. The van der Waals surface area contributed by atoms with Crippen molar-refractivity contribution in [2.75, 3.05) is 24.3 Å². The van der Waals surface area contributed by atoms with Crippen LogP contribution in [0.25, 0.3) is 0 Å². The van der Waals surface area contributed by atoms with Crippen molar-refractivity contribution in [1.82, 2.24) is 15.3 Å². The fourth-order valence-corrected chi connectivity index (χ4v) is 4.65. The number of nitrogens with zero attached hydrogens (tertiary/aromatic N) is 2. The van der Waals surface area contributed by atoms with Crippen molar-refractivity contribution < 1.29 is 0 Å². The minimum Gasteiger partial charge on any atom is -0.312 e. The number of nitrogens with one attached hydrogen (secondary N) is 1. The van der Waals surface area contributed by atoms with Crippen molar-refractivity contribution in [2.24, 2.45) is 0 Å². The van der Waals surface area contributed by atoms with Gasteiger partial charge in [0.05, 0.1) is 0 Å². The molecule has 1 aromatic rings. The van der Waals surface area contributed by atoms with Crippen LogP contribution in [-0.4, -0.2) is 39.5 Å². The van der Waals surface area contributed by atoms with Crippen LogP contribution in [0.1, 0.15) is 11.6 Å². The molecule has 1 fully saturated rings. The number of thioether (sulfide) groups is 2. The van der Waals surface area contributed by atoms with Gasteiger partial charge in [-0.1, -0.05) is 0 Å². The van der Waals surface area contributed by atoms with E-state index in [9.17, 15) is 0 Å². The maximum Gasteiger partial charge on any atom is 0.115 e. The highest BCUT2D eigenvalue weighted by atomic mass is 32.2. The van der Waals surface area contributed by atoms with Gasteiger partial charge in [0.15, 0.2) is 0 Å². The van der Waals surface area contributed by atoms with Gasteiger partial charge in [-0.25, -0.2) is 9.97 Å². The summed E-state index contributed by atoms with van der Waals surface area (Å²) in [6.07, 6.45) is 5.40. The maximum absolute atomic E-state index is 4.08. The average molecular weight is 241 g/mol. The highest BCUT2D eigenvalue weighted by Gasteiger charge is 2.24. The number of rotatable bonds is 3. The third-order valence-corrected chi connectivity index (χ3v) is 5.33. The molecule has 0 aromatic carbocycles. The Morgan fingerprint density at radius 1 is 1.40 bits per heavy atom. The first kappa shape index (κ1) is 11.2. The highest BCUT2D eigenvalue weighted by Crippen LogP contribution is 2.32. The van der Waals surface area contributed by atoms with Crippen molar-refractivity contribution in [3.05, 3.63) is 24.3 Å². The van der Waals surface area contributed by atoms with Crippen LogP contribution in [0.2, 0.25) is 0 Å². The molecular weight excluding hydrogens is 226 g/mol. The molecular formula is C10H15N3S2. The third kappa shape index (κ3) is 2.86. The van der Waals surface area contributed by atoms with E-state index in [1.807, 2.05) is 31.2 Å². The Kier molecular flexibility index (Phi) is 4.29. The summed E-state index contributed by atoms with van der Waals surface area (Å²) < 4.78 is 0. The average Bonchev–Trinajstić information content (AvgIpc) is 2.33. The lowest BCUT2D eigenvalue weighted by Gasteiger charge is -2.29. The first-order chi connectivity index (χ1) is 7.42. The van der Waals surface area contributed by atoms with Crippen molar-refractivity contribution in [3.8, 4) is 0 Å². The standard InChI is InChI=1S/C10H15N3S2/c1-11-10(8-4-12-7-13-5-8)9-6-14-2-3-15-9/h4-5,7,9-11H,2-3,6H2,1H3. The molecule has 1 saturated heterocycles. The molecule has 2 atom stereocenters. The van der Waals surface area contributed by atoms with Crippen molar-refractivity contribution >= 4 is 23.5 Å². The Morgan fingerprint density at radius 2 is 2.20 bits per heavy atom. The second-order valence-electron chi connectivity index (χ2n) is 3.42. The molecule has 0 bridgehead atoms. The first-order valence-electron chi connectivity index (χ1n) is 5.03. The van der Waals surface area contributed by atoms with Crippen LogP contribution in [0.5, 0.6) is 0 Å². The molecule has 3 nitrogen and oxygen atoms in total. The third-order valence-electron chi connectivity index (χ3n) is 2.46. The lowest BCUT2D eigenvalue weighted by molar-refractivity contribution is 0.588. The van der Waals surface area contributed by atoms with E-state index in [1.165, 1.54) is 22.8 Å². The van der Waals surface area contributed by atoms with Crippen molar-refractivity contribution in [2.45, 2.75) is 11.3 Å². The molecule has 82 valence electrons. The van der Waals surface area contributed by atoms with Gasteiger partial charge in [0.25, 0.3) is 0 Å². The van der Waals surface area contributed by atoms with E-state index in [1.54, 1.807) is 6.33 Å². The zero-order chi connectivity index (χ0) is 10.5. The van der Waals surface area contributed by atoms with Crippen molar-refractivity contribution in [3.63, 3.8) is 0 Å². The van der Waals surface area contributed by atoms with E-state index in [0.717, 1.165) is 0 Å². The van der Waals surface area contributed by atoms with Gasteiger partial charge in [-0.05, 0) is 7.05 Å². The molecule has 0 amide bonds. The van der Waals surface area contributed by atoms with Crippen LogP contribution in [0.4, 0.5) is 0 Å². The van der Waals surface area contributed by atoms with Crippen LogP contribution in [0, 0.1) is 0 Å². The number of hydrogen-bond acceptors (Lipinski definition) is 5. The Hall–Kier alpha value is -0.260. The van der Waals surface area contributed by atoms with E-state index in [-0.39, 0.29) is 0 Å². The molecule has 0 aliphatic carbocycles. The molecule has 5 heteroatoms. The second kappa shape index (κ2) is 5.72. The fraction of sp³-hybridized carbons (Fsp3) is 0.600. The van der Waals surface area contributed by atoms with Gasteiger partial charge < -0.3 is 5.32 Å². The summed E-state index contributed by atoms with van der Waals surface area (Å²) in [6.45, 7) is 0. The Bertz CT molecular complexity index is 288. The molecule has 1 aromatic heterocycles. The summed E-state index contributed by atoms with van der Waals surface area (Å²) in [4.78, 5) is 8.16. The van der Waals surface area contributed by atoms with Gasteiger partial charge in [-0.2, -0.15) is 23.5 Å². The van der Waals surface area contributed by atoms with Gasteiger partial charge in [0, 0.05) is 46.5 Å². The Balaban J connectivity index is 2.09. The van der Waals surface area contributed by atoms with E-state index in [2.05, 4.69) is 27.0 Å². The number of hydrogen-bond donors (Lipinski definition) is 1. The molecule has 2 unspecified atom stereocenters. The highest BCUT2D eigenvalue weighted by molar-refractivity contribution is 8.06. The van der Waals surface area contributed by atoms with Crippen LogP contribution in [0.3, 0.4) is 0 Å². The van der Waals surface area contributed by atoms with E-state index in [0.29, 0.717) is 11.3 Å². The van der Waals surface area contributed by atoms with Crippen LogP contribution in [0.15, 0.2) is 18.7 Å². The van der Waals surface area contributed by atoms with Gasteiger partial charge in [0.1, 0.15) is 6.33 Å². The molecule has 1 N–H and O–H groups in total. The number of aromatic nitrogens is 2. The SMILES string of the molecule is CNC(c1cncnc1)C1CSCCS1. The molecule has 0 radical (unpaired) electrons. The molecule has 2 rings (SSSR count).